The molecule has 0 amide bonds. The van der Waals surface area contributed by atoms with E-state index in [-0.39, 0.29) is 62.2 Å². The molecule has 0 radical (unpaired) electrons. The molecule has 0 atom stereocenters. The zero-order chi connectivity index (χ0) is 20.7. The van der Waals surface area contributed by atoms with Gasteiger partial charge in [0, 0.05) is 42.1 Å². The van der Waals surface area contributed by atoms with Crippen molar-refractivity contribution in [2.24, 2.45) is 0 Å². The highest BCUT2D eigenvalue weighted by Crippen LogP contribution is 2.39. The number of phenols is 2. The lowest BCUT2D eigenvalue weighted by Gasteiger charge is -2.11. The minimum absolute atomic E-state index is 0.0320. The topological polar surface area (TPSA) is 153 Å². The molecule has 2 aromatic heterocycles. The van der Waals surface area contributed by atoms with Crippen LogP contribution in [0.25, 0.3) is 21.8 Å². The van der Waals surface area contributed by atoms with Gasteiger partial charge in [-0.05, 0) is 24.3 Å². The summed E-state index contributed by atoms with van der Waals surface area (Å²) in [6.45, 7) is 0. The number of hydrogen-bond donors (Lipinski definition) is 2. The molecule has 0 saturated heterocycles. The van der Waals surface area contributed by atoms with Gasteiger partial charge in [-0.1, -0.05) is 0 Å². The predicted octanol–water partition coefficient (Wildman–Crippen LogP) is 3.60. The Hall–Kier alpha value is -4.34. The molecule has 4 rings (SSSR count). The van der Waals surface area contributed by atoms with E-state index in [1.54, 1.807) is 0 Å². The van der Waals surface area contributed by atoms with Gasteiger partial charge in [0.05, 0.1) is 20.6 Å². The number of nitro groups is 2. The van der Waals surface area contributed by atoms with E-state index in [2.05, 4.69) is 9.97 Å². The first-order chi connectivity index (χ1) is 13.9. The SMILES string of the molecule is O=[N+]([O-])c1cc(Cc2cc([N+](=O)[O-])c3cccnc3c2O)c(O)c2ncccc12. The summed E-state index contributed by atoms with van der Waals surface area (Å²) in [4.78, 5) is 29.7. The largest absolute Gasteiger partial charge is 0.505 e. The highest BCUT2D eigenvalue weighted by Gasteiger charge is 2.23. The Labute approximate surface area is 162 Å². The number of aromatic hydroxyl groups is 2. The molecule has 0 unspecified atom stereocenters. The highest BCUT2D eigenvalue weighted by molar-refractivity contribution is 5.95. The standard InChI is InChI=1S/C19H12N4O6/c24-18-10(8-14(22(26)27)12-3-1-5-20-16(12)18)7-11-9-15(23(28)29)13-4-2-6-21-17(13)19(11)25/h1-6,8-9,24-25H,7H2. The van der Waals surface area contributed by atoms with E-state index in [1.807, 2.05) is 0 Å². The van der Waals surface area contributed by atoms with Crippen LogP contribution in [0.15, 0.2) is 48.8 Å². The predicted molar refractivity (Wildman–Crippen MR) is 103 cm³/mol. The van der Waals surface area contributed by atoms with Gasteiger partial charge < -0.3 is 10.2 Å². The first kappa shape index (κ1) is 18.0. The van der Waals surface area contributed by atoms with Crippen LogP contribution in [0.3, 0.4) is 0 Å². The van der Waals surface area contributed by atoms with Gasteiger partial charge in [0.15, 0.2) is 0 Å². The van der Waals surface area contributed by atoms with Gasteiger partial charge in [0.25, 0.3) is 11.4 Å². The Morgan fingerprint density at radius 3 is 1.59 bits per heavy atom. The van der Waals surface area contributed by atoms with Crippen LogP contribution in [0, 0.1) is 20.2 Å². The molecule has 2 aromatic carbocycles. The van der Waals surface area contributed by atoms with Crippen LogP contribution in [0.4, 0.5) is 11.4 Å². The first-order valence-electron chi connectivity index (χ1n) is 8.36. The van der Waals surface area contributed by atoms with E-state index in [1.165, 1.54) is 48.8 Å². The fraction of sp³-hybridized carbons (Fsp3) is 0.0526. The molecule has 4 aromatic rings. The van der Waals surface area contributed by atoms with E-state index in [4.69, 9.17) is 0 Å². The fourth-order valence-electron chi connectivity index (χ4n) is 3.30. The molecule has 144 valence electrons. The lowest BCUT2D eigenvalue weighted by molar-refractivity contribution is -0.383. The molecule has 0 saturated carbocycles. The minimum Gasteiger partial charge on any atom is -0.505 e. The Balaban J connectivity index is 1.95. The minimum atomic E-state index is -0.600. The molecule has 10 heteroatoms. The molecular formula is C19H12N4O6. The lowest BCUT2D eigenvalue weighted by Crippen LogP contribution is -1.99. The summed E-state index contributed by atoms with van der Waals surface area (Å²) >= 11 is 0. The number of rotatable bonds is 4. The van der Waals surface area contributed by atoms with Crippen molar-refractivity contribution in [1.29, 1.82) is 0 Å². The Kier molecular flexibility index (Phi) is 4.15. The van der Waals surface area contributed by atoms with Crippen LogP contribution >= 0.6 is 0 Å². The summed E-state index contributed by atoms with van der Waals surface area (Å²) in [5.41, 5.74) is -0.276. The molecule has 2 heterocycles. The van der Waals surface area contributed by atoms with Crippen molar-refractivity contribution in [3.63, 3.8) is 0 Å². The average molecular weight is 392 g/mol. The average Bonchev–Trinajstić information content (AvgIpc) is 2.71. The third-order valence-electron chi connectivity index (χ3n) is 4.62. The summed E-state index contributed by atoms with van der Waals surface area (Å²) < 4.78 is 0. The Morgan fingerprint density at radius 1 is 0.793 bits per heavy atom. The number of phenolic OH excluding ortho intramolecular Hbond substituents is 2. The van der Waals surface area contributed by atoms with Crippen molar-refractivity contribution in [3.05, 3.63) is 80.1 Å². The van der Waals surface area contributed by atoms with E-state index in [0.29, 0.717) is 0 Å². The van der Waals surface area contributed by atoms with Crippen LogP contribution in [0.5, 0.6) is 11.5 Å². The van der Waals surface area contributed by atoms with Gasteiger partial charge in [0.2, 0.25) is 0 Å². The highest BCUT2D eigenvalue weighted by atomic mass is 16.6. The van der Waals surface area contributed by atoms with Gasteiger partial charge in [-0.3, -0.25) is 30.2 Å². The van der Waals surface area contributed by atoms with E-state index in [9.17, 15) is 30.4 Å². The number of fused-ring (bicyclic) bond motifs is 2. The Morgan fingerprint density at radius 2 is 1.21 bits per heavy atom. The molecule has 10 nitrogen and oxygen atoms in total. The van der Waals surface area contributed by atoms with Crippen LogP contribution < -0.4 is 0 Å². The van der Waals surface area contributed by atoms with Crippen molar-refractivity contribution >= 4 is 33.2 Å². The second kappa shape index (κ2) is 6.68. The summed E-state index contributed by atoms with van der Waals surface area (Å²) in [6, 6.07) is 8.30. The lowest BCUT2D eigenvalue weighted by atomic mass is 9.98. The molecule has 29 heavy (non-hydrogen) atoms. The summed E-state index contributed by atoms with van der Waals surface area (Å²) in [6.07, 6.45) is 2.58. The van der Waals surface area contributed by atoms with Gasteiger partial charge in [0.1, 0.15) is 22.5 Å². The zero-order valence-electron chi connectivity index (χ0n) is 14.6. The number of non-ortho nitro benzene ring substituents is 2. The molecule has 0 aliphatic heterocycles. The van der Waals surface area contributed by atoms with Crippen molar-refractivity contribution in [2.75, 3.05) is 0 Å². The van der Waals surface area contributed by atoms with Gasteiger partial charge in [-0.15, -0.1) is 0 Å². The maximum atomic E-state index is 11.5. The monoisotopic (exact) mass is 392 g/mol. The molecule has 0 bridgehead atoms. The van der Waals surface area contributed by atoms with Crippen molar-refractivity contribution in [2.45, 2.75) is 6.42 Å². The fourth-order valence-corrected chi connectivity index (χ4v) is 3.30. The summed E-state index contributed by atoms with van der Waals surface area (Å²) in [5.74, 6) is -0.594. The summed E-state index contributed by atoms with van der Waals surface area (Å²) in [7, 11) is 0. The van der Waals surface area contributed by atoms with E-state index in [0.717, 1.165) is 0 Å². The normalized spacial score (nSPS) is 11.0. The molecular weight excluding hydrogens is 380 g/mol. The first-order valence-corrected chi connectivity index (χ1v) is 8.36. The number of benzene rings is 2. The maximum absolute atomic E-state index is 11.5. The molecule has 2 N–H and O–H groups in total. The van der Waals surface area contributed by atoms with Crippen LogP contribution in [-0.4, -0.2) is 30.0 Å². The number of pyridine rings is 2. The number of nitro benzene ring substituents is 2. The quantitative estimate of drug-likeness (QED) is 0.394. The molecule has 0 aliphatic rings. The smallest absolute Gasteiger partial charge is 0.279 e. The maximum Gasteiger partial charge on any atom is 0.279 e. The second-order valence-electron chi connectivity index (χ2n) is 6.30. The molecule has 0 aliphatic carbocycles. The number of nitrogens with zero attached hydrogens (tertiary/aromatic N) is 4. The molecule has 0 spiro atoms. The second-order valence-corrected chi connectivity index (χ2v) is 6.30. The number of hydrogen-bond acceptors (Lipinski definition) is 8. The number of aromatic nitrogens is 2. The Bertz CT molecular complexity index is 1220. The van der Waals surface area contributed by atoms with E-state index >= 15 is 0 Å². The molecule has 0 fully saturated rings. The van der Waals surface area contributed by atoms with Crippen molar-refractivity contribution in [3.8, 4) is 11.5 Å². The van der Waals surface area contributed by atoms with Gasteiger partial charge in [-0.25, -0.2) is 0 Å². The van der Waals surface area contributed by atoms with Gasteiger partial charge in [-0.2, -0.15) is 0 Å². The van der Waals surface area contributed by atoms with Crippen molar-refractivity contribution < 1.29 is 20.1 Å². The third kappa shape index (κ3) is 2.92. The third-order valence-corrected chi connectivity index (χ3v) is 4.62. The summed E-state index contributed by atoms with van der Waals surface area (Å²) in [5, 5.41) is 44.4. The van der Waals surface area contributed by atoms with E-state index < -0.39 is 9.85 Å². The van der Waals surface area contributed by atoms with Crippen LogP contribution in [0.1, 0.15) is 11.1 Å². The van der Waals surface area contributed by atoms with Crippen LogP contribution in [-0.2, 0) is 6.42 Å². The zero-order valence-corrected chi connectivity index (χ0v) is 14.6. The van der Waals surface area contributed by atoms with Crippen molar-refractivity contribution in [1.82, 2.24) is 9.97 Å². The van der Waals surface area contributed by atoms with Crippen LogP contribution in [0.2, 0.25) is 0 Å². The van der Waals surface area contributed by atoms with Gasteiger partial charge >= 0.3 is 0 Å².